The molecule has 1 atom stereocenters. The van der Waals surface area contributed by atoms with Crippen molar-refractivity contribution >= 4 is 11.8 Å². The van der Waals surface area contributed by atoms with Crippen LogP contribution in [-0.2, 0) is 14.3 Å². The molecule has 24 heavy (non-hydrogen) atoms. The van der Waals surface area contributed by atoms with Crippen LogP contribution < -0.4 is 10.6 Å². The van der Waals surface area contributed by atoms with Crippen LogP contribution in [0.25, 0.3) is 0 Å². The number of nitrogens with one attached hydrogen (secondary N) is 2. The lowest BCUT2D eigenvalue weighted by Gasteiger charge is -2.37. The van der Waals surface area contributed by atoms with Gasteiger partial charge in [-0.15, -0.1) is 0 Å². The summed E-state index contributed by atoms with van der Waals surface area (Å²) in [5.41, 5.74) is 0. The van der Waals surface area contributed by atoms with Crippen molar-refractivity contribution in [1.82, 2.24) is 20.4 Å². The third kappa shape index (κ3) is 4.91. The molecule has 2 amide bonds. The number of carbonyl (C=O) groups is 2. The summed E-state index contributed by atoms with van der Waals surface area (Å²) in [6.07, 6.45) is 5.63. The standard InChI is InChI=1S/C17H30N4O3/c22-16(19-14-4-2-1-3-5-14)13-20-7-9-21(10-8-20)17(23)15-12-18-6-11-24-15/h14-15,18H,1-13H2,(H,19,22). The second-order valence-corrected chi connectivity index (χ2v) is 7.07. The molecule has 1 unspecified atom stereocenters. The number of carbonyl (C=O) groups excluding carboxylic acids is 2. The minimum Gasteiger partial charge on any atom is -0.366 e. The van der Waals surface area contributed by atoms with Gasteiger partial charge in [0.2, 0.25) is 5.91 Å². The summed E-state index contributed by atoms with van der Waals surface area (Å²) in [5.74, 6) is 0.204. The van der Waals surface area contributed by atoms with Crippen molar-refractivity contribution in [3.63, 3.8) is 0 Å². The van der Waals surface area contributed by atoms with E-state index in [1.165, 1.54) is 19.3 Å². The molecule has 1 aliphatic carbocycles. The molecule has 2 N–H and O–H groups in total. The molecule has 0 radical (unpaired) electrons. The normalized spacial score (nSPS) is 27.0. The van der Waals surface area contributed by atoms with E-state index in [2.05, 4.69) is 15.5 Å². The average molecular weight is 338 g/mol. The summed E-state index contributed by atoms with van der Waals surface area (Å²) >= 11 is 0. The molecule has 3 aliphatic rings. The summed E-state index contributed by atoms with van der Waals surface area (Å²) in [4.78, 5) is 28.6. The topological polar surface area (TPSA) is 73.9 Å². The maximum atomic E-state index is 12.4. The number of morpholine rings is 1. The molecule has 136 valence electrons. The SMILES string of the molecule is O=C(CN1CCN(C(=O)C2CNCCO2)CC1)NC1CCCCC1. The van der Waals surface area contributed by atoms with Gasteiger partial charge in [-0.1, -0.05) is 19.3 Å². The monoisotopic (exact) mass is 338 g/mol. The molecular formula is C17H30N4O3. The maximum absolute atomic E-state index is 12.4. The number of hydrogen-bond acceptors (Lipinski definition) is 5. The van der Waals surface area contributed by atoms with E-state index in [0.717, 1.165) is 32.5 Å². The number of piperazine rings is 1. The van der Waals surface area contributed by atoms with Gasteiger partial charge in [0.05, 0.1) is 13.2 Å². The van der Waals surface area contributed by atoms with Crippen molar-refractivity contribution in [3.05, 3.63) is 0 Å². The Kier molecular flexibility index (Phi) is 6.45. The fourth-order valence-corrected chi connectivity index (χ4v) is 3.78. The Labute approximate surface area is 144 Å². The number of ether oxygens (including phenoxy) is 1. The maximum Gasteiger partial charge on any atom is 0.253 e. The zero-order valence-electron chi connectivity index (χ0n) is 14.5. The Bertz CT molecular complexity index is 426. The van der Waals surface area contributed by atoms with Gasteiger partial charge >= 0.3 is 0 Å². The van der Waals surface area contributed by atoms with Crippen molar-refractivity contribution in [3.8, 4) is 0 Å². The molecule has 2 saturated heterocycles. The van der Waals surface area contributed by atoms with E-state index in [0.29, 0.717) is 38.8 Å². The smallest absolute Gasteiger partial charge is 0.253 e. The molecule has 0 bridgehead atoms. The van der Waals surface area contributed by atoms with Crippen LogP contribution in [0, 0.1) is 0 Å². The predicted molar refractivity (Wildman–Crippen MR) is 90.6 cm³/mol. The van der Waals surface area contributed by atoms with E-state index in [1.54, 1.807) is 0 Å². The minimum atomic E-state index is -0.347. The number of amides is 2. The van der Waals surface area contributed by atoms with Crippen molar-refractivity contribution < 1.29 is 14.3 Å². The van der Waals surface area contributed by atoms with E-state index in [1.807, 2.05) is 4.90 Å². The summed E-state index contributed by atoms with van der Waals surface area (Å²) in [6.45, 7) is 5.31. The highest BCUT2D eigenvalue weighted by atomic mass is 16.5. The molecule has 7 heteroatoms. The second kappa shape index (κ2) is 8.78. The van der Waals surface area contributed by atoms with Gasteiger partial charge in [-0.2, -0.15) is 0 Å². The zero-order valence-corrected chi connectivity index (χ0v) is 14.5. The van der Waals surface area contributed by atoms with Gasteiger partial charge in [-0.25, -0.2) is 0 Å². The Morgan fingerprint density at radius 1 is 1.08 bits per heavy atom. The molecule has 1 saturated carbocycles. The highest BCUT2D eigenvalue weighted by molar-refractivity contribution is 5.81. The van der Waals surface area contributed by atoms with Crippen LogP contribution in [0.15, 0.2) is 0 Å². The van der Waals surface area contributed by atoms with Crippen molar-refractivity contribution in [2.75, 3.05) is 52.4 Å². The lowest BCUT2D eigenvalue weighted by molar-refractivity contribution is -0.147. The number of hydrogen-bond donors (Lipinski definition) is 2. The van der Waals surface area contributed by atoms with Crippen LogP contribution in [-0.4, -0.2) is 86.2 Å². The van der Waals surface area contributed by atoms with Crippen LogP contribution in [0.4, 0.5) is 0 Å². The molecule has 0 aromatic heterocycles. The fraction of sp³-hybridized carbons (Fsp3) is 0.882. The Hall–Kier alpha value is -1.18. The van der Waals surface area contributed by atoms with Crippen molar-refractivity contribution in [2.24, 2.45) is 0 Å². The third-order valence-corrected chi connectivity index (χ3v) is 5.22. The first-order chi connectivity index (χ1) is 11.7. The molecule has 3 fully saturated rings. The predicted octanol–water partition coefficient (Wildman–Crippen LogP) is -0.432. The van der Waals surface area contributed by atoms with Gasteiger partial charge in [0, 0.05) is 45.3 Å². The van der Waals surface area contributed by atoms with Gasteiger partial charge in [0.15, 0.2) is 0 Å². The van der Waals surface area contributed by atoms with E-state index in [9.17, 15) is 9.59 Å². The Morgan fingerprint density at radius 3 is 2.50 bits per heavy atom. The van der Waals surface area contributed by atoms with Crippen LogP contribution >= 0.6 is 0 Å². The van der Waals surface area contributed by atoms with Gasteiger partial charge in [0.25, 0.3) is 5.91 Å². The molecule has 2 heterocycles. The molecule has 7 nitrogen and oxygen atoms in total. The van der Waals surface area contributed by atoms with Gasteiger partial charge < -0.3 is 20.3 Å². The van der Waals surface area contributed by atoms with Crippen molar-refractivity contribution in [2.45, 2.75) is 44.2 Å². The lowest BCUT2D eigenvalue weighted by atomic mass is 9.95. The molecular weight excluding hydrogens is 308 g/mol. The Balaban J connectivity index is 1.36. The first-order valence-corrected chi connectivity index (χ1v) is 9.35. The summed E-state index contributed by atoms with van der Waals surface area (Å²) < 4.78 is 5.54. The summed E-state index contributed by atoms with van der Waals surface area (Å²) in [5, 5.41) is 6.36. The molecule has 2 aliphatic heterocycles. The lowest BCUT2D eigenvalue weighted by Crippen LogP contribution is -2.56. The highest BCUT2D eigenvalue weighted by Gasteiger charge is 2.29. The Morgan fingerprint density at radius 2 is 1.83 bits per heavy atom. The molecule has 3 rings (SSSR count). The van der Waals surface area contributed by atoms with Gasteiger partial charge in [-0.05, 0) is 12.8 Å². The highest BCUT2D eigenvalue weighted by Crippen LogP contribution is 2.17. The van der Waals surface area contributed by atoms with Crippen LogP contribution in [0.1, 0.15) is 32.1 Å². The number of rotatable bonds is 4. The number of nitrogens with zero attached hydrogens (tertiary/aromatic N) is 2. The van der Waals surface area contributed by atoms with Crippen LogP contribution in [0.3, 0.4) is 0 Å². The zero-order chi connectivity index (χ0) is 16.8. The van der Waals surface area contributed by atoms with Crippen LogP contribution in [0.2, 0.25) is 0 Å². The van der Waals surface area contributed by atoms with Crippen molar-refractivity contribution in [1.29, 1.82) is 0 Å². The van der Waals surface area contributed by atoms with Gasteiger partial charge in [-0.3, -0.25) is 14.5 Å². The van der Waals surface area contributed by atoms with Crippen LogP contribution in [0.5, 0.6) is 0 Å². The quantitative estimate of drug-likeness (QED) is 0.728. The molecule has 0 aromatic carbocycles. The summed E-state index contributed by atoms with van der Waals surface area (Å²) in [6, 6.07) is 0.366. The largest absolute Gasteiger partial charge is 0.366 e. The van der Waals surface area contributed by atoms with E-state index < -0.39 is 0 Å². The van der Waals surface area contributed by atoms with E-state index in [4.69, 9.17) is 4.74 Å². The average Bonchev–Trinajstić information content (AvgIpc) is 2.63. The first kappa shape index (κ1) is 17.6. The van der Waals surface area contributed by atoms with E-state index >= 15 is 0 Å². The first-order valence-electron chi connectivity index (χ1n) is 9.35. The van der Waals surface area contributed by atoms with E-state index in [-0.39, 0.29) is 17.9 Å². The molecule has 0 spiro atoms. The fourth-order valence-electron chi connectivity index (χ4n) is 3.78. The second-order valence-electron chi connectivity index (χ2n) is 7.07. The van der Waals surface area contributed by atoms with Gasteiger partial charge in [0.1, 0.15) is 6.10 Å². The minimum absolute atomic E-state index is 0.0773. The molecule has 0 aromatic rings. The summed E-state index contributed by atoms with van der Waals surface area (Å²) in [7, 11) is 0. The third-order valence-electron chi connectivity index (χ3n) is 5.22.